The second-order valence-corrected chi connectivity index (χ2v) is 4.98. The van der Waals surface area contributed by atoms with E-state index < -0.39 is 0 Å². The van der Waals surface area contributed by atoms with Crippen LogP contribution in [0.5, 0.6) is 0 Å². The van der Waals surface area contributed by atoms with Crippen molar-refractivity contribution in [3.05, 3.63) is 35.4 Å². The molecule has 18 heavy (non-hydrogen) atoms. The van der Waals surface area contributed by atoms with E-state index in [1.165, 1.54) is 5.56 Å². The van der Waals surface area contributed by atoms with E-state index in [4.69, 9.17) is 10.5 Å². The van der Waals surface area contributed by atoms with Gasteiger partial charge >= 0.3 is 0 Å². The van der Waals surface area contributed by atoms with Crippen molar-refractivity contribution in [2.75, 3.05) is 26.3 Å². The van der Waals surface area contributed by atoms with E-state index in [2.05, 4.69) is 11.8 Å². The Morgan fingerprint density at radius 3 is 2.83 bits per heavy atom. The first kappa shape index (κ1) is 13.1. The van der Waals surface area contributed by atoms with Crippen molar-refractivity contribution in [2.45, 2.75) is 13.5 Å². The average Bonchev–Trinajstić information content (AvgIpc) is 2.54. The van der Waals surface area contributed by atoms with Crippen molar-refractivity contribution >= 4 is 5.91 Å². The molecule has 0 saturated carbocycles. The maximum absolute atomic E-state index is 11.0. The SMILES string of the molecule is CC1COCCN(Cc2ccc(C(N)=O)cc2)C1. The van der Waals surface area contributed by atoms with Crippen LogP contribution in [0.1, 0.15) is 22.8 Å². The van der Waals surface area contributed by atoms with Gasteiger partial charge in [-0.05, 0) is 23.6 Å². The zero-order chi connectivity index (χ0) is 13.0. The van der Waals surface area contributed by atoms with Crippen LogP contribution in [0.4, 0.5) is 0 Å². The first-order valence-corrected chi connectivity index (χ1v) is 6.34. The fourth-order valence-electron chi connectivity index (χ4n) is 2.24. The molecule has 0 aliphatic carbocycles. The lowest BCUT2D eigenvalue weighted by Gasteiger charge is -2.21. The number of ether oxygens (including phenoxy) is 1. The number of amides is 1. The molecule has 0 spiro atoms. The largest absolute Gasteiger partial charge is 0.380 e. The first-order valence-electron chi connectivity index (χ1n) is 6.34. The van der Waals surface area contributed by atoms with Gasteiger partial charge in [0.2, 0.25) is 5.91 Å². The average molecular weight is 248 g/mol. The summed E-state index contributed by atoms with van der Waals surface area (Å²) < 4.78 is 5.52. The highest BCUT2D eigenvalue weighted by atomic mass is 16.5. The Balaban J connectivity index is 1.97. The molecule has 1 aliphatic rings. The van der Waals surface area contributed by atoms with Crippen molar-refractivity contribution < 1.29 is 9.53 Å². The molecule has 2 N–H and O–H groups in total. The predicted octanol–water partition coefficient (Wildman–Crippen LogP) is 1.25. The van der Waals surface area contributed by atoms with Gasteiger partial charge in [-0.3, -0.25) is 9.69 Å². The zero-order valence-corrected chi connectivity index (χ0v) is 10.8. The van der Waals surface area contributed by atoms with Crippen LogP contribution >= 0.6 is 0 Å². The topological polar surface area (TPSA) is 55.6 Å². The number of primary amides is 1. The molecule has 0 bridgehead atoms. The van der Waals surface area contributed by atoms with Crippen molar-refractivity contribution in [1.29, 1.82) is 0 Å². The predicted molar refractivity (Wildman–Crippen MR) is 70.2 cm³/mol. The molecule has 1 saturated heterocycles. The quantitative estimate of drug-likeness (QED) is 0.876. The van der Waals surface area contributed by atoms with Crippen LogP contribution in [0.2, 0.25) is 0 Å². The normalized spacial score (nSPS) is 21.5. The minimum absolute atomic E-state index is 0.377. The lowest BCUT2D eigenvalue weighted by atomic mass is 10.1. The van der Waals surface area contributed by atoms with Crippen LogP contribution in [0.3, 0.4) is 0 Å². The molecule has 1 atom stereocenters. The standard InChI is InChI=1S/C14H20N2O2/c1-11-8-16(6-7-18-10-11)9-12-2-4-13(5-3-12)14(15)17/h2-5,11H,6-10H2,1H3,(H2,15,17). The summed E-state index contributed by atoms with van der Waals surface area (Å²) in [6.07, 6.45) is 0. The second-order valence-electron chi connectivity index (χ2n) is 4.98. The summed E-state index contributed by atoms with van der Waals surface area (Å²) in [5.41, 5.74) is 6.99. The van der Waals surface area contributed by atoms with Crippen molar-refractivity contribution in [1.82, 2.24) is 4.90 Å². The molecule has 1 aliphatic heterocycles. The van der Waals surface area contributed by atoms with Gasteiger partial charge in [0.05, 0.1) is 13.2 Å². The highest BCUT2D eigenvalue weighted by Crippen LogP contribution is 2.11. The van der Waals surface area contributed by atoms with E-state index in [9.17, 15) is 4.79 Å². The van der Waals surface area contributed by atoms with E-state index in [0.717, 1.165) is 32.8 Å². The number of rotatable bonds is 3. The molecule has 1 unspecified atom stereocenters. The molecular weight excluding hydrogens is 228 g/mol. The van der Waals surface area contributed by atoms with Crippen LogP contribution in [-0.2, 0) is 11.3 Å². The Morgan fingerprint density at radius 1 is 1.44 bits per heavy atom. The molecule has 98 valence electrons. The summed E-state index contributed by atoms with van der Waals surface area (Å²) >= 11 is 0. The molecule has 1 aromatic rings. The van der Waals surface area contributed by atoms with Gasteiger partial charge in [0.15, 0.2) is 0 Å². The summed E-state index contributed by atoms with van der Waals surface area (Å²) in [6, 6.07) is 7.51. The lowest BCUT2D eigenvalue weighted by molar-refractivity contribution is 0.100. The minimum Gasteiger partial charge on any atom is -0.380 e. The summed E-state index contributed by atoms with van der Waals surface area (Å²) in [7, 11) is 0. The third kappa shape index (κ3) is 3.55. The summed E-state index contributed by atoms with van der Waals surface area (Å²) in [5.74, 6) is 0.190. The molecule has 0 aromatic heterocycles. The fraction of sp³-hybridized carbons (Fsp3) is 0.500. The van der Waals surface area contributed by atoms with Crippen LogP contribution in [0.25, 0.3) is 0 Å². The summed E-state index contributed by atoms with van der Waals surface area (Å²) in [5, 5.41) is 0. The van der Waals surface area contributed by atoms with Crippen LogP contribution < -0.4 is 5.73 Å². The molecule has 1 aromatic carbocycles. The Kier molecular flexibility index (Phi) is 4.33. The number of hydrogen-bond acceptors (Lipinski definition) is 3. The Labute approximate surface area is 108 Å². The van der Waals surface area contributed by atoms with Crippen LogP contribution in [-0.4, -0.2) is 37.1 Å². The maximum atomic E-state index is 11.0. The molecule has 1 amide bonds. The van der Waals surface area contributed by atoms with Gasteiger partial charge in [0, 0.05) is 25.2 Å². The summed E-state index contributed by atoms with van der Waals surface area (Å²) in [4.78, 5) is 13.4. The maximum Gasteiger partial charge on any atom is 0.248 e. The van der Waals surface area contributed by atoms with Gasteiger partial charge < -0.3 is 10.5 Å². The first-order chi connectivity index (χ1) is 8.65. The number of hydrogen-bond donors (Lipinski definition) is 1. The van der Waals surface area contributed by atoms with Gasteiger partial charge in [0.1, 0.15) is 0 Å². The number of benzene rings is 1. The van der Waals surface area contributed by atoms with Crippen LogP contribution in [0.15, 0.2) is 24.3 Å². The lowest BCUT2D eigenvalue weighted by Crippen LogP contribution is -2.28. The Hall–Kier alpha value is -1.39. The van der Waals surface area contributed by atoms with Gasteiger partial charge in [0.25, 0.3) is 0 Å². The third-order valence-electron chi connectivity index (χ3n) is 3.17. The van der Waals surface area contributed by atoms with Crippen LogP contribution in [0, 0.1) is 5.92 Å². The zero-order valence-electron chi connectivity index (χ0n) is 10.8. The van der Waals surface area contributed by atoms with E-state index in [1.807, 2.05) is 12.1 Å². The van der Waals surface area contributed by atoms with Gasteiger partial charge in [-0.25, -0.2) is 0 Å². The molecule has 0 radical (unpaired) electrons. The highest BCUT2D eigenvalue weighted by molar-refractivity contribution is 5.92. The van der Waals surface area contributed by atoms with Gasteiger partial charge in [-0.2, -0.15) is 0 Å². The minimum atomic E-state index is -0.377. The molecule has 4 nitrogen and oxygen atoms in total. The number of carbonyl (C=O) groups excluding carboxylic acids is 1. The highest BCUT2D eigenvalue weighted by Gasteiger charge is 2.15. The fourth-order valence-corrected chi connectivity index (χ4v) is 2.24. The smallest absolute Gasteiger partial charge is 0.248 e. The number of carbonyl (C=O) groups is 1. The van der Waals surface area contributed by atoms with E-state index >= 15 is 0 Å². The Morgan fingerprint density at radius 2 is 2.17 bits per heavy atom. The number of nitrogens with zero attached hydrogens (tertiary/aromatic N) is 1. The second kappa shape index (κ2) is 5.98. The van der Waals surface area contributed by atoms with Crippen molar-refractivity contribution in [3.8, 4) is 0 Å². The van der Waals surface area contributed by atoms with E-state index in [-0.39, 0.29) is 5.91 Å². The Bertz CT molecular complexity index is 403. The monoisotopic (exact) mass is 248 g/mol. The van der Waals surface area contributed by atoms with E-state index in [1.54, 1.807) is 12.1 Å². The van der Waals surface area contributed by atoms with Crippen molar-refractivity contribution in [3.63, 3.8) is 0 Å². The molecule has 4 heteroatoms. The molecule has 1 heterocycles. The summed E-state index contributed by atoms with van der Waals surface area (Å²) in [6.45, 7) is 6.75. The van der Waals surface area contributed by atoms with Gasteiger partial charge in [-0.15, -0.1) is 0 Å². The molecule has 2 rings (SSSR count). The van der Waals surface area contributed by atoms with E-state index in [0.29, 0.717) is 11.5 Å². The number of nitrogens with two attached hydrogens (primary N) is 1. The third-order valence-corrected chi connectivity index (χ3v) is 3.17. The van der Waals surface area contributed by atoms with Gasteiger partial charge in [-0.1, -0.05) is 19.1 Å². The molecule has 1 fully saturated rings. The molecular formula is C14H20N2O2. The van der Waals surface area contributed by atoms with Crippen molar-refractivity contribution in [2.24, 2.45) is 11.7 Å².